The molecule has 7 heteroatoms. The van der Waals surface area contributed by atoms with E-state index in [2.05, 4.69) is 10.3 Å². The monoisotopic (exact) mass is 483 g/mol. The van der Waals surface area contributed by atoms with Crippen molar-refractivity contribution in [3.8, 4) is 0 Å². The first-order valence-electron chi connectivity index (χ1n) is 11.8. The quantitative estimate of drug-likeness (QED) is 0.317. The molecule has 4 rings (SSSR count). The Morgan fingerprint density at radius 1 is 1.00 bits per heavy atom. The predicted molar refractivity (Wildman–Crippen MR) is 136 cm³/mol. The van der Waals surface area contributed by atoms with Crippen LogP contribution in [0.15, 0.2) is 95.5 Å². The van der Waals surface area contributed by atoms with Gasteiger partial charge in [-0.25, -0.2) is 4.98 Å². The summed E-state index contributed by atoms with van der Waals surface area (Å²) in [5.41, 5.74) is 1.24. The molecule has 0 radical (unpaired) electrons. The number of amides is 1. The van der Waals surface area contributed by atoms with E-state index >= 15 is 0 Å². The Morgan fingerprint density at radius 3 is 2.19 bits per heavy atom. The molecule has 1 aromatic heterocycles. The number of carbonyl (C=O) groups excluding carboxylic acids is 2. The molecular weight excluding hydrogens is 454 g/mol. The van der Waals surface area contributed by atoms with Crippen LogP contribution in [0, 0.1) is 0 Å². The van der Waals surface area contributed by atoms with Gasteiger partial charge >= 0.3 is 0 Å². The van der Waals surface area contributed by atoms with Crippen molar-refractivity contribution in [3.05, 3.63) is 125 Å². The number of carbonyl (C=O) groups is 2. The van der Waals surface area contributed by atoms with Crippen molar-refractivity contribution in [2.75, 3.05) is 20.1 Å². The van der Waals surface area contributed by atoms with Gasteiger partial charge in [0.15, 0.2) is 5.60 Å². The zero-order valence-electron chi connectivity index (χ0n) is 20.1. The molecule has 0 saturated heterocycles. The lowest BCUT2D eigenvalue weighted by atomic mass is 9.86. The third-order valence-electron chi connectivity index (χ3n) is 5.99. The zero-order chi connectivity index (χ0) is 25.4. The van der Waals surface area contributed by atoms with Crippen LogP contribution in [0.2, 0.25) is 0 Å². The fourth-order valence-corrected chi connectivity index (χ4v) is 4.02. The van der Waals surface area contributed by atoms with Crippen LogP contribution in [0.1, 0.15) is 38.7 Å². The Bertz CT molecular complexity index is 1230. The summed E-state index contributed by atoms with van der Waals surface area (Å²) in [7, 11) is 1.92. The summed E-state index contributed by atoms with van der Waals surface area (Å²) in [4.78, 5) is 29.4. The molecule has 0 atom stereocenters. The number of benzene rings is 3. The Hall–Kier alpha value is -4.07. The summed E-state index contributed by atoms with van der Waals surface area (Å²) in [6.07, 6.45) is 2.80. The van der Waals surface area contributed by atoms with E-state index in [0.717, 1.165) is 11.8 Å². The van der Waals surface area contributed by atoms with Crippen molar-refractivity contribution < 1.29 is 19.1 Å². The number of nitrogens with one attached hydrogen (secondary N) is 1. The Balaban J connectivity index is 1.38. The topological polar surface area (TPSA) is 95.7 Å². The fraction of sp³-hybridized carbons (Fsp3) is 0.207. The van der Waals surface area contributed by atoms with E-state index in [1.165, 1.54) is 0 Å². The summed E-state index contributed by atoms with van der Waals surface area (Å²) in [5.74, 6) is 0.642. The summed E-state index contributed by atoms with van der Waals surface area (Å²) in [6, 6.07) is 25.7. The maximum absolute atomic E-state index is 12.4. The largest absolute Gasteiger partial charge is 0.441 e. The van der Waals surface area contributed by atoms with Gasteiger partial charge in [0, 0.05) is 25.1 Å². The molecule has 2 N–H and O–H groups in total. The molecule has 7 nitrogen and oxygen atoms in total. The molecule has 0 saturated carbocycles. The first-order chi connectivity index (χ1) is 17.5. The highest BCUT2D eigenvalue weighted by atomic mass is 16.4. The normalized spacial score (nSPS) is 11.4. The molecular formula is C29H29N3O4. The molecule has 4 aromatic rings. The minimum atomic E-state index is -1.52. The average Bonchev–Trinajstić information content (AvgIpc) is 3.38. The van der Waals surface area contributed by atoms with Crippen molar-refractivity contribution >= 4 is 12.2 Å². The van der Waals surface area contributed by atoms with E-state index in [1.807, 2.05) is 72.6 Å². The maximum Gasteiger partial charge on any atom is 0.251 e. The van der Waals surface area contributed by atoms with Crippen LogP contribution in [0.5, 0.6) is 0 Å². The van der Waals surface area contributed by atoms with Gasteiger partial charge in [-0.05, 0) is 35.9 Å². The minimum absolute atomic E-state index is 0.168. The number of aldehydes is 1. The number of oxazole rings is 1. The van der Waals surface area contributed by atoms with Crippen LogP contribution in [0.25, 0.3) is 0 Å². The molecule has 0 unspecified atom stereocenters. The van der Waals surface area contributed by atoms with Gasteiger partial charge in [-0.1, -0.05) is 72.8 Å². The summed E-state index contributed by atoms with van der Waals surface area (Å²) >= 11 is 0. The van der Waals surface area contributed by atoms with Crippen molar-refractivity contribution in [1.29, 1.82) is 0 Å². The van der Waals surface area contributed by atoms with E-state index in [0.29, 0.717) is 48.5 Å². The third kappa shape index (κ3) is 5.76. The van der Waals surface area contributed by atoms with Gasteiger partial charge in [0.1, 0.15) is 12.0 Å². The lowest BCUT2D eigenvalue weighted by Crippen LogP contribution is -2.32. The van der Waals surface area contributed by atoms with Crippen LogP contribution in [0.4, 0.5) is 0 Å². The number of likely N-dealkylation sites (N-methyl/N-ethyl adjacent to an activating group) is 1. The number of aliphatic hydroxyl groups is 1. The molecule has 184 valence electrons. The third-order valence-corrected chi connectivity index (χ3v) is 5.99. The molecule has 1 heterocycles. The first-order valence-corrected chi connectivity index (χ1v) is 11.8. The van der Waals surface area contributed by atoms with E-state index in [1.54, 1.807) is 30.5 Å². The molecule has 0 aliphatic carbocycles. The van der Waals surface area contributed by atoms with Crippen molar-refractivity contribution in [2.24, 2.45) is 0 Å². The maximum atomic E-state index is 12.4. The van der Waals surface area contributed by atoms with Gasteiger partial charge in [-0.2, -0.15) is 0 Å². The molecule has 0 aliphatic rings. The van der Waals surface area contributed by atoms with Crippen molar-refractivity contribution in [1.82, 2.24) is 15.2 Å². The van der Waals surface area contributed by atoms with Crippen LogP contribution in [-0.4, -0.2) is 47.3 Å². The van der Waals surface area contributed by atoms with Gasteiger partial charge in [-0.3, -0.25) is 9.69 Å². The number of hydrogen-bond donors (Lipinski definition) is 2. The van der Waals surface area contributed by atoms with Crippen LogP contribution < -0.4 is 5.32 Å². The zero-order valence-corrected chi connectivity index (χ0v) is 20.1. The Labute approximate surface area is 210 Å². The molecule has 36 heavy (non-hydrogen) atoms. The minimum Gasteiger partial charge on any atom is -0.441 e. The van der Waals surface area contributed by atoms with E-state index in [9.17, 15) is 14.7 Å². The SMILES string of the molecule is CN(CCNC(=O)c1ccc(CC=O)cc1)Cc1cnc(C(O)(c2ccccc2)c2ccccc2)o1. The highest BCUT2D eigenvalue weighted by Gasteiger charge is 2.38. The van der Waals surface area contributed by atoms with Gasteiger partial charge in [0.25, 0.3) is 5.91 Å². The van der Waals surface area contributed by atoms with Gasteiger partial charge in [-0.15, -0.1) is 0 Å². The highest BCUT2D eigenvalue weighted by molar-refractivity contribution is 5.94. The second-order valence-electron chi connectivity index (χ2n) is 8.64. The molecule has 3 aromatic carbocycles. The van der Waals surface area contributed by atoms with Crippen LogP contribution >= 0.6 is 0 Å². The number of aromatic nitrogens is 1. The molecule has 0 fully saturated rings. The summed E-state index contributed by atoms with van der Waals surface area (Å²) in [5, 5.41) is 14.7. The van der Waals surface area contributed by atoms with Gasteiger partial charge in [0.2, 0.25) is 5.89 Å². The first kappa shape index (κ1) is 25.0. The Morgan fingerprint density at radius 2 is 1.61 bits per heavy atom. The number of nitrogens with zero attached hydrogens (tertiary/aromatic N) is 2. The average molecular weight is 484 g/mol. The second kappa shape index (κ2) is 11.6. The van der Waals surface area contributed by atoms with E-state index in [4.69, 9.17) is 4.42 Å². The predicted octanol–water partition coefficient (Wildman–Crippen LogP) is 3.56. The summed E-state index contributed by atoms with van der Waals surface area (Å²) < 4.78 is 6.04. The van der Waals surface area contributed by atoms with E-state index in [-0.39, 0.29) is 11.8 Å². The van der Waals surface area contributed by atoms with Gasteiger partial charge < -0.3 is 19.6 Å². The fourth-order valence-electron chi connectivity index (χ4n) is 4.02. The lowest BCUT2D eigenvalue weighted by Gasteiger charge is -2.26. The number of rotatable bonds is 11. The van der Waals surface area contributed by atoms with Crippen molar-refractivity contribution in [3.63, 3.8) is 0 Å². The Kier molecular flexibility index (Phi) is 8.05. The van der Waals surface area contributed by atoms with E-state index < -0.39 is 5.60 Å². The standard InChI is InChI=1S/C29H29N3O4/c1-32(18-17-30-27(34)23-14-12-22(13-15-23)16-19-33)21-26-20-31-28(36-26)29(35,24-8-4-2-5-9-24)25-10-6-3-7-11-25/h2-15,19-20,35H,16-18,21H2,1H3,(H,30,34). The molecule has 0 spiro atoms. The van der Waals surface area contributed by atoms with Gasteiger partial charge in [0.05, 0.1) is 12.7 Å². The molecule has 0 aliphatic heterocycles. The molecule has 1 amide bonds. The number of hydrogen-bond acceptors (Lipinski definition) is 6. The smallest absolute Gasteiger partial charge is 0.251 e. The summed E-state index contributed by atoms with van der Waals surface area (Å²) in [6.45, 7) is 1.50. The highest BCUT2D eigenvalue weighted by Crippen LogP contribution is 2.36. The van der Waals surface area contributed by atoms with Crippen molar-refractivity contribution in [2.45, 2.75) is 18.6 Å². The van der Waals surface area contributed by atoms with Crippen LogP contribution in [-0.2, 0) is 23.4 Å². The van der Waals surface area contributed by atoms with Crippen LogP contribution in [0.3, 0.4) is 0 Å². The molecule has 0 bridgehead atoms. The lowest BCUT2D eigenvalue weighted by molar-refractivity contribution is -0.107. The second-order valence-corrected chi connectivity index (χ2v) is 8.64.